The Labute approximate surface area is 213 Å². The molecule has 0 bridgehead atoms. The Morgan fingerprint density at radius 3 is 2.32 bits per heavy atom. The summed E-state index contributed by atoms with van der Waals surface area (Å²) in [6, 6.07) is 1.81. The third kappa shape index (κ3) is 10.1. The first-order chi connectivity index (χ1) is 17.3. The van der Waals surface area contributed by atoms with Crippen LogP contribution in [0.4, 0.5) is 22.0 Å². The number of hydrogen-bond donors (Lipinski definition) is 2. The second kappa shape index (κ2) is 13.4. The number of alkyl halides is 5. The SMILES string of the molecule is C1CCOCC1.COC(C)(C)C(F)(F)F.NCc1cn2ncc(CNC(=O)CC3CC(F)(F)C3)cc2n1. The lowest BCUT2D eigenvalue weighted by molar-refractivity contribution is -0.255. The van der Waals surface area contributed by atoms with E-state index in [9.17, 15) is 26.7 Å². The minimum Gasteiger partial charge on any atom is -0.381 e. The van der Waals surface area contributed by atoms with Crippen LogP contribution in [-0.2, 0) is 27.4 Å². The van der Waals surface area contributed by atoms with Crippen LogP contribution in [0.1, 0.15) is 63.6 Å². The number of carbonyl (C=O) groups is 1. The minimum atomic E-state index is -4.28. The van der Waals surface area contributed by atoms with Crippen LogP contribution in [0.15, 0.2) is 18.5 Å². The number of ether oxygens (including phenoxy) is 2. The summed E-state index contributed by atoms with van der Waals surface area (Å²) in [4.78, 5) is 16.0. The Bertz CT molecular complexity index is 973. The number of methoxy groups -OCH3 is 1. The van der Waals surface area contributed by atoms with Crippen molar-refractivity contribution in [2.24, 2.45) is 11.7 Å². The number of nitrogens with zero attached hydrogens (tertiary/aromatic N) is 3. The lowest BCUT2D eigenvalue weighted by atomic mass is 9.79. The number of imidazole rings is 1. The van der Waals surface area contributed by atoms with E-state index < -0.39 is 17.7 Å². The molecule has 2 aliphatic rings. The highest BCUT2D eigenvalue weighted by Crippen LogP contribution is 2.43. The second-order valence-electron chi connectivity index (χ2n) is 9.60. The Hall–Kier alpha value is -2.38. The summed E-state index contributed by atoms with van der Waals surface area (Å²) in [5, 5.41) is 6.91. The zero-order chi connectivity index (χ0) is 27.7. The number of nitrogens with one attached hydrogen (secondary N) is 1. The largest absolute Gasteiger partial charge is 0.416 e. The quantitative estimate of drug-likeness (QED) is 0.530. The molecule has 1 saturated heterocycles. The molecule has 1 saturated carbocycles. The number of halogens is 5. The molecule has 1 amide bonds. The van der Waals surface area contributed by atoms with Crippen LogP contribution in [-0.4, -0.2) is 58.5 Å². The van der Waals surface area contributed by atoms with Crippen LogP contribution >= 0.6 is 0 Å². The van der Waals surface area contributed by atoms with Gasteiger partial charge in [0.25, 0.3) is 0 Å². The third-order valence-corrected chi connectivity index (χ3v) is 6.04. The van der Waals surface area contributed by atoms with Gasteiger partial charge >= 0.3 is 6.18 Å². The normalized spacial score (nSPS) is 17.6. The fourth-order valence-corrected chi connectivity index (χ4v) is 3.43. The van der Waals surface area contributed by atoms with E-state index in [1.54, 1.807) is 16.9 Å². The number of amides is 1. The molecule has 0 aromatic carbocycles. The monoisotopic (exact) mass is 537 g/mol. The van der Waals surface area contributed by atoms with E-state index in [4.69, 9.17) is 10.5 Å². The van der Waals surface area contributed by atoms with Crippen molar-refractivity contribution in [1.82, 2.24) is 19.9 Å². The summed E-state index contributed by atoms with van der Waals surface area (Å²) in [5.41, 5.74) is 5.69. The first-order valence-electron chi connectivity index (χ1n) is 12.1. The zero-order valence-electron chi connectivity index (χ0n) is 21.4. The topological polar surface area (TPSA) is 104 Å². The molecule has 1 aliphatic carbocycles. The van der Waals surface area contributed by atoms with E-state index in [-0.39, 0.29) is 31.1 Å². The van der Waals surface area contributed by atoms with Gasteiger partial charge in [0.15, 0.2) is 11.2 Å². The van der Waals surface area contributed by atoms with Crippen LogP contribution in [0.5, 0.6) is 0 Å². The van der Waals surface area contributed by atoms with Gasteiger partial charge in [-0.25, -0.2) is 18.3 Å². The van der Waals surface area contributed by atoms with E-state index in [0.717, 1.165) is 45.4 Å². The highest BCUT2D eigenvalue weighted by atomic mass is 19.4. The fourth-order valence-electron chi connectivity index (χ4n) is 3.43. The fraction of sp³-hybridized carbons (Fsp3) is 0.708. The smallest absolute Gasteiger partial charge is 0.381 e. The number of aromatic nitrogens is 3. The molecule has 13 heteroatoms. The summed E-state index contributed by atoms with van der Waals surface area (Å²) in [6.45, 7) is 4.59. The molecular weight excluding hydrogens is 501 g/mol. The van der Waals surface area contributed by atoms with Gasteiger partial charge < -0.3 is 20.5 Å². The zero-order valence-corrected chi connectivity index (χ0v) is 21.4. The number of nitrogens with two attached hydrogens (primary N) is 1. The molecule has 2 aromatic rings. The molecule has 210 valence electrons. The van der Waals surface area contributed by atoms with Crippen molar-refractivity contribution in [3.63, 3.8) is 0 Å². The number of rotatable bonds is 6. The maximum absolute atomic E-state index is 12.7. The van der Waals surface area contributed by atoms with Crippen molar-refractivity contribution in [2.45, 2.75) is 83.2 Å². The standard InChI is InChI=1S/C14H17F2N5O.C5H9F3O.C5H10O/c15-14(16)3-9(4-14)2-13(22)18-6-10-1-12-20-11(5-17)8-21(12)19-7-10;1-4(2,9-3)5(6,7)8;1-2-4-6-5-3-1/h1,7-9H,2-6,17H2,(H,18,22);1-3H3;1-5H2. The van der Waals surface area contributed by atoms with Crippen molar-refractivity contribution >= 4 is 11.6 Å². The maximum Gasteiger partial charge on any atom is 0.416 e. The maximum atomic E-state index is 12.7. The predicted octanol–water partition coefficient (Wildman–Crippen LogP) is 4.40. The molecule has 8 nitrogen and oxygen atoms in total. The Morgan fingerprint density at radius 1 is 1.24 bits per heavy atom. The first-order valence-corrected chi connectivity index (χ1v) is 12.1. The lowest BCUT2D eigenvalue weighted by Crippen LogP contribution is -2.40. The number of hydrogen-bond acceptors (Lipinski definition) is 6. The van der Waals surface area contributed by atoms with E-state index in [1.807, 2.05) is 6.07 Å². The molecule has 2 aromatic heterocycles. The Kier molecular flexibility index (Phi) is 11.2. The van der Waals surface area contributed by atoms with E-state index in [2.05, 4.69) is 20.1 Å². The Balaban J connectivity index is 0.000000263. The highest BCUT2D eigenvalue weighted by Gasteiger charge is 2.47. The van der Waals surface area contributed by atoms with Gasteiger partial charge in [-0.05, 0) is 50.7 Å². The van der Waals surface area contributed by atoms with Crippen LogP contribution in [0, 0.1) is 5.92 Å². The summed E-state index contributed by atoms with van der Waals surface area (Å²) in [5.74, 6) is -3.01. The summed E-state index contributed by atoms with van der Waals surface area (Å²) in [6.07, 6.45) is 2.79. The van der Waals surface area contributed by atoms with Gasteiger partial charge in [0, 0.05) is 52.7 Å². The van der Waals surface area contributed by atoms with Crippen molar-refractivity contribution < 1.29 is 36.2 Å². The first kappa shape index (κ1) is 30.8. The molecule has 2 fully saturated rings. The number of fused-ring (bicyclic) bond motifs is 1. The molecule has 0 radical (unpaired) electrons. The van der Waals surface area contributed by atoms with Gasteiger partial charge in [-0.1, -0.05) is 0 Å². The van der Waals surface area contributed by atoms with Crippen LogP contribution in [0.3, 0.4) is 0 Å². The van der Waals surface area contributed by atoms with E-state index >= 15 is 0 Å². The van der Waals surface area contributed by atoms with Crippen LogP contribution in [0.2, 0.25) is 0 Å². The van der Waals surface area contributed by atoms with Crippen molar-refractivity contribution in [3.8, 4) is 0 Å². The van der Waals surface area contributed by atoms with Crippen LogP contribution < -0.4 is 11.1 Å². The summed E-state index contributed by atoms with van der Waals surface area (Å²) < 4.78 is 71.4. The average Bonchev–Trinajstić information content (AvgIpc) is 3.25. The molecule has 1 aliphatic heterocycles. The van der Waals surface area contributed by atoms with Gasteiger partial charge in [-0.3, -0.25) is 4.79 Å². The van der Waals surface area contributed by atoms with Gasteiger partial charge in [-0.2, -0.15) is 18.3 Å². The highest BCUT2D eigenvalue weighted by molar-refractivity contribution is 5.76. The van der Waals surface area contributed by atoms with Crippen molar-refractivity contribution in [3.05, 3.63) is 29.7 Å². The molecule has 37 heavy (non-hydrogen) atoms. The van der Waals surface area contributed by atoms with Crippen molar-refractivity contribution in [2.75, 3.05) is 20.3 Å². The molecule has 0 atom stereocenters. The minimum absolute atomic E-state index is 0.145. The molecule has 4 rings (SSSR count). The second-order valence-corrected chi connectivity index (χ2v) is 9.60. The van der Waals surface area contributed by atoms with Gasteiger partial charge in [0.05, 0.1) is 18.1 Å². The molecule has 0 spiro atoms. The van der Waals surface area contributed by atoms with Gasteiger partial charge in [0.2, 0.25) is 11.8 Å². The summed E-state index contributed by atoms with van der Waals surface area (Å²) >= 11 is 0. The third-order valence-electron chi connectivity index (χ3n) is 6.04. The van der Waals surface area contributed by atoms with E-state index in [1.165, 1.54) is 19.3 Å². The molecule has 3 N–H and O–H groups in total. The van der Waals surface area contributed by atoms with Gasteiger partial charge in [0.1, 0.15) is 0 Å². The van der Waals surface area contributed by atoms with Gasteiger partial charge in [-0.15, -0.1) is 0 Å². The molecular formula is C24H36F5N5O3. The summed E-state index contributed by atoms with van der Waals surface area (Å²) in [7, 11) is 1.04. The lowest BCUT2D eigenvalue weighted by Gasteiger charge is -2.34. The van der Waals surface area contributed by atoms with Crippen LogP contribution in [0.25, 0.3) is 5.65 Å². The molecule has 0 unspecified atom stereocenters. The Morgan fingerprint density at radius 2 is 1.89 bits per heavy atom. The van der Waals surface area contributed by atoms with E-state index in [0.29, 0.717) is 18.7 Å². The predicted molar refractivity (Wildman–Crippen MR) is 127 cm³/mol. The number of carbonyl (C=O) groups excluding carboxylic acids is 1. The van der Waals surface area contributed by atoms with Crippen molar-refractivity contribution in [1.29, 1.82) is 0 Å². The average molecular weight is 538 g/mol. The molecule has 3 heterocycles.